The van der Waals surface area contributed by atoms with E-state index in [4.69, 9.17) is 13.9 Å². The van der Waals surface area contributed by atoms with Crippen molar-refractivity contribution in [1.29, 1.82) is 0 Å². The summed E-state index contributed by atoms with van der Waals surface area (Å²) in [4.78, 5) is 28.3. The van der Waals surface area contributed by atoms with Crippen molar-refractivity contribution in [2.24, 2.45) is 5.92 Å². The van der Waals surface area contributed by atoms with Gasteiger partial charge < -0.3 is 13.9 Å². The molecule has 0 N–H and O–H groups in total. The number of carbonyl (C=O) groups excluding carboxylic acids is 2. The molecule has 0 radical (unpaired) electrons. The molecule has 0 unspecified atom stereocenters. The highest BCUT2D eigenvalue weighted by atomic mass is 32.2. The van der Waals surface area contributed by atoms with E-state index >= 15 is 0 Å². The third-order valence-electron chi connectivity index (χ3n) is 6.35. The summed E-state index contributed by atoms with van der Waals surface area (Å²) in [5.41, 5.74) is 0.356. The average molecular weight is 440 g/mol. The van der Waals surface area contributed by atoms with Crippen LogP contribution < -0.4 is 0 Å². The zero-order valence-electron chi connectivity index (χ0n) is 18.3. The minimum atomic E-state index is -2.01. The van der Waals surface area contributed by atoms with Crippen LogP contribution in [0.25, 0.3) is 0 Å². The summed E-state index contributed by atoms with van der Waals surface area (Å²) >= 11 is 1.57. The zero-order chi connectivity index (χ0) is 21.6. The topological polar surface area (TPSA) is 65.1 Å². The lowest BCUT2D eigenvalue weighted by molar-refractivity contribution is -0.157. The molecule has 3 rings (SSSR count). The van der Waals surface area contributed by atoms with Crippen LogP contribution in [0.1, 0.15) is 40.5 Å². The summed E-state index contributed by atoms with van der Waals surface area (Å²) in [5.74, 6) is -0.808. The predicted octanol–water partition coefficient (Wildman–Crippen LogP) is 4.05. The van der Waals surface area contributed by atoms with Crippen molar-refractivity contribution in [3.05, 3.63) is 23.3 Å². The SMILES string of the molecule is C=CCOC(=O)C1=C([C@H]2CCCO2)S[C@@H]2[C@@H]([C@@H](C)O[Si](C)(C)C(C)(C)C)C(=O)N12. The van der Waals surface area contributed by atoms with Gasteiger partial charge in [0.05, 0.1) is 18.1 Å². The number of ether oxygens (including phenoxy) is 2. The highest BCUT2D eigenvalue weighted by Crippen LogP contribution is 2.54. The molecule has 8 heteroatoms. The van der Waals surface area contributed by atoms with Crippen LogP contribution in [0, 0.1) is 5.92 Å². The van der Waals surface area contributed by atoms with Crippen LogP contribution in [0.4, 0.5) is 0 Å². The normalized spacial score (nSPS) is 28.3. The molecule has 3 aliphatic heterocycles. The number of rotatable bonds is 7. The number of hydrogen-bond acceptors (Lipinski definition) is 6. The van der Waals surface area contributed by atoms with Gasteiger partial charge in [-0.2, -0.15) is 0 Å². The largest absolute Gasteiger partial charge is 0.457 e. The smallest absolute Gasteiger partial charge is 0.356 e. The monoisotopic (exact) mass is 439 g/mol. The summed E-state index contributed by atoms with van der Waals surface area (Å²) in [6, 6.07) is 0. The molecule has 3 aliphatic rings. The van der Waals surface area contributed by atoms with Crippen LogP contribution >= 0.6 is 11.8 Å². The molecule has 0 aliphatic carbocycles. The molecule has 2 saturated heterocycles. The fraction of sp³-hybridized carbons (Fsp3) is 0.714. The summed E-state index contributed by atoms with van der Waals surface area (Å²) in [5, 5.41) is -0.0649. The first-order valence-electron chi connectivity index (χ1n) is 10.3. The minimum absolute atomic E-state index is 0.0627. The van der Waals surface area contributed by atoms with Crippen molar-refractivity contribution in [3.63, 3.8) is 0 Å². The van der Waals surface area contributed by atoms with E-state index in [9.17, 15) is 9.59 Å². The third-order valence-corrected chi connectivity index (χ3v) is 12.4. The molecular formula is C21H33NO5SSi. The lowest BCUT2D eigenvalue weighted by Gasteiger charge is -2.48. The number of esters is 1. The molecular weight excluding hydrogens is 406 g/mol. The first-order chi connectivity index (χ1) is 13.5. The van der Waals surface area contributed by atoms with Gasteiger partial charge in [0.1, 0.15) is 17.7 Å². The highest BCUT2D eigenvalue weighted by Gasteiger charge is 2.60. The molecule has 4 atom stereocenters. The second-order valence-corrected chi connectivity index (χ2v) is 15.3. The average Bonchev–Trinajstić information content (AvgIpc) is 3.23. The Hall–Kier alpha value is -1.09. The van der Waals surface area contributed by atoms with Gasteiger partial charge in [-0.05, 0) is 37.9 Å². The molecule has 0 aromatic rings. The summed E-state index contributed by atoms with van der Waals surface area (Å²) in [7, 11) is -2.01. The number of nitrogens with zero attached hydrogens (tertiary/aromatic N) is 1. The second-order valence-electron chi connectivity index (χ2n) is 9.43. The van der Waals surface area contributed by atoms with Crippen LogP contribution in [0.15, 0.2) is 23.3 Å². The molecule has 2 fully saturated rings. The molecule has 0 aromatic heterocycles. The van der Waals surface area contributed by atoms with Gasteiger partial charge in [-0.15, -0.1) is 0 Å². The summed E-state index contributed by atoms with van der Waals surface area (Å²) in [6.07, 6.45) is 3.00. The third kappa shape index (κ3) is 4.09. The molecule has 162 valence electrons. The van der Waals surface area contributed by atoms with E-state index in [-0.39, 0.29) is 41.1 Å². The number of hydrogen-bond donors (Lipinski definition) is 0. The molecule has 0 bridgehead atoms. The van der Waals surface area contributed by atoms with E-state index in [0.29, 0.717) is 12.3 Å². The number of amides is 1. The lowest BCUT2D eigenvalue weighted by atomic mass is 9.92. The van der Waals surface area contributed by atoms with E-state index in [0.717, 1.165) is 17.7 Å². The van der Waals surface area contributed by atoms with Gasteiger partial charge in [0.25, 0.3) is 0 Å². The van der Waals surface area contributed by atoms with Gasteiger partial charge in [-0.1, -0.05) is 45.2 Å². The fourth-order valence-electron chi connectivity index (χ4n) is 3.72. The van der Waals surface area contributed by atoms with Crippen LogP contribution in [0.3, 0.4) is 0 Å². The van der Waals surface area contributed by atoms with E-state index < -0.39 is 14.3 Å². The Bertz CT molecular complexity index is 723. The molecule has 1 amide bonds. The maximum atomic E-state index is 13.1. The maximum absolute atomic E-state index is 13.1. The molecule has 3 heterocycles. The predicted molar refractivity (Wildman–Crippen MR) is 117 cm³/mol. The lowest BCUT2D eigenvalue weighted by Crippen LogP contribution is -2.62. The van der Waals surface area contributed by atoms with Crippen molar-refractivity contribution in [3.8, 4) is 0 Å². The van der Waals surface area contributed by atoms with Crippen LogP contribution in [0.2, 0.25) is 18.1 Å². The van der Waals surface area contributed by atoms with Crippen LogP contribution in [-0.2, 0) is 23.5 Å². The number of β-lactam (4-membered cyclic amide) rings is 1. The number of carbonyl (C=O) groups is 2. The van der Waals surface area contributed by atoms with Crippen LogP contribution in [-0.4, -0.2) is 55.9 Å². The quantitative estimate of drug-likeness (QED) is 0.258. The Kier molecular flexibility index (Phi) is 6.39. The van der Waals surface area contributed by atoms with Crippen molar-refractivity contribution in [1.82, 2.24) is 4.90 Å². The van der Waals surface area contributed by atoms with Crippen LogP contribution in [0.5, 0.6) is 0 Å². The first kappa shape index (κ1) is 22.6. The van der Waals surface area contributed by atoms with Crippen molar-refractivity contribution >= 4 is 32.0 Å². The Morgan fingerprint density at radius 1 is 1.45 bits per heavy atom. The van der Waals surface area contributed by atoms with E-state index in [2.05, 4.69) is 40.4 Å². The van der Waals surface area contributed by atoms with Gasteiger partial charge in [-0.25, -0.2) is 4.79 Å². The van der Waals surface area contributed by atoms with Crippen molar-refractivity contribution < 1.29 is 23.5 Å². The number of thioether (sulfide) groups is 1. The first-order valence-corrected chi connectivity index (χ1v) is 14.1. The van der Waals surface area contributed by atoms with Crippen molar-refractivity contribution in [2.45, 2.75) is 76.3 Å². The minimum Gasteiger partial charge on any atom is -0.457 e. The van der Waals surface area contributed by atoms with Crippen molar-refractivity contribution in [2.75, 3.05) is 13.2 Å². The van der Waals surface area contributed by atoms with Gasteiger partial charge in [0, 0.05) is 11.5 Å². The summed E-state index contributed by atoms with van der Waals surface area (Å²) in [6.45, 7) is 17.3. The Morgan fingerprint density at radius 2 is 2.14 bits per heavy atom. The molecule has 0 aromatic carbocycles. The highest BCUT2D eigenvalue weighted by molar-refractivity contribution is 8.04. The Balaban J connectivity index is 1.80. The van der Waals surface area contributed by atoms with Gasteiger partial charge in [0.15, 0.2) is 8.32 Å². The van der Waals surface area contributed by atoms with E-state index in [1.165, 1.54) is 6.08 Å². The molecule has 0 saturated carbocycles. The fourth-order valence-corrected chi connectivity index (χ4v) is 6.84. The standard InChI is InChI=1S/C21H33NO5SSi/c1-8-11-26-20(24)16-17(14-10-9-12-25-14)28-19-15(18(23)22(16)19)13(2)27-29(6,7)21(3,4)5/h8,13-15,19H,1,9-12H2,2-7H3/t13-,14-,15+,19-/m1/s1. The Labute approximate surface area is 179 Å². The summed E-state index contributed by atoms with van der Waals surface area (Å²) < 4.78 is 17.6. The van der Waals surface area contributed by atoms with E-state index in [1.807, 2.05) is 6.92 Å². The van der Waals surface area contributed by atoms with Gasteiger partial charge >= 0.3 is 5.97 Å². The molecule has 29 heavy (non-hydrogen) atoms. The van der Waals surface area contributed by atoms with Gasteiger partial charge in [0.2, 0.25) is 5.91 Å². The maximum Gasteiger partial charge on any atom is 0.356 e. The molecule has 6 nitrogen and oxygen atoms in total. The van der Waals surface area contributed by atoms with Gasteiger partial charge in [-0.3, -0.25) is 9.69 Å². The zero-order valence-corrected chi connectivity index (χ0v) is 20.1. The Morgan fingerprint density at radius 3 is 2.69 bits per heavy atom. The second kappa shape index (κ2) is 8.21. The number of fused-ring (bicyclic) bond motifs is 1. The molecule has 0 spiro atoms. The van der Waals surface area contributed by atoms with E-state index in [1.54, 1.807) is 16.7 Å².